The van der Waals surface area contributed by atoms with Crippen LogP contribution in [0.3, 0.4) is 0 Å². The molecule has 1 saturated carbocycles. The molecule has 0 heterocycles. The second-order valence-corrected chi connectivity index (χ2v) is 4.45. The van der Waals surface area contributed by atoms with Crippen LogP contribution < -0.4 is 0 Å². The van der Waals surface area contributed by atoms with Crippen LogP contribution in [-0.4, -0.2) is 10.7 Å². The zero-order chi connectivity index (χ0) is 7.45. The summed E-state index contributed by atoms with van der Waals surface area (Å²) < 4.78 is 0. The van der Waals surface area contributed by atoms with Crippen molar-refractivity contribution in [2.24, 2.45) is 5.41 Å². The summed E-state index contributed by atoms with van der Waals surface area (Å²) >= 11 is 7.20. The van der Waals surface area contributed by atoms with Crippen LogP contribution in [0.2, 0.25) is 0 Å². The van der Waals surface area contributed by atoms with Crippen molar-refractivity contribution < 1.29 is 0 Å². The molecule has 1 aliphatic carbocycles. The van der Waals surface area contributed by atoms with Crippen molar-refractivity contribution in [1.82, 2.24) is 0 Å². The van der Waals surface area contributed by atoms with E-state index in [0.29, 0.717) is 5.41 Å². The molecule has 1 aliphatic rings. The van der Waals surface area contributed by atoms with Crippen molar-refractivity contribution >= 4 is 31.9 Å². The molecule has 0 radical (unpaired) electrons. The molecule has 0 aliphatic heterocycles. The number of hydrogen-bond donors (Lipinski definition) is 0. The molecule has 2 heteroatoms. The highest BCUT2D eigenvalue weighted by atomic mass is 79.9. The van der Waals surface area contributed by atoms with Crippen LogP contribution in [-0.2, 0) is 0 Å². The molecule has 0 atom stereocenters. The minimum Gasteiger partial charge on any atom is -0.0922 e. The van der Waals surface area contributed by atoms with Crippen LogP contribution in [0.4, 0.5) is 0 Å². The molecule has 60 valence electrons. The van der Waals surface area contributed by atoms with Crippen LogP contribution in [0, 0.1) is 5.41 Å². The molecular weight excluding hydrogens is 256 g/mol. The van der Waals surface area contributed by atoms with Gasteiger partial charge in [0.05, 0.1) is 0 Å². The Bertz CT molecular complexity index is 89.4. The fraction of sp³-hybridized carbons (Fsp3) is 1.00. The summed E-state index contributed by atoms with van der Waals surface area (Å²) in [5.74, 6) is 0. The van der Waals surface area contributed by atoms with Crippen LogP contribution in [0.25, 0.3) is 0 Å². The highest BCUT2D eigenvalue weighted by Crippen LogP contribution is 2.38. The minimum absolute atomic E-state index is 0.595. The second-order valence-electron chi connectivity index (χ2n) is 3.33. The molecule has 0 saturated heterocycles. The van der Waals surface area contributed by atoms with Gasteiger partial charge in [-0.1, -0.05) is 51.1 Å². The Morgan fingerprint density at radius 3 is 1.70 bits per heavy atom. The fourth-order valence-electron chi connectivity index (χ4n) is 1.60. The fourth-order valence-corrected chi connectivity index (χ4v) is 3.65. The lowest BCUT2D eigenvalue weighted by molar-refractivity contribution is 0.262. The summed E-state index contributed by atoms with van der Waals surface area (Å²) in [5.41, 5.74) is 0.595. The average Bonchev–Trinajstić information content (AvgIpc) is 2.06. The number of alkyl halides is 2. The number of rotatable bonds is 2. The summed E-state index contributed by atoms with van der Waals surface area (Å²) in [5, 5.41) is 2.34. The second kappa shape index (κ2) is 4.10. The Hall–Kier alpha value is 0.960. The van der Waals surface area contributed by atoms with E-state index in [1.807, 2.05) is 0 Å². The first kappa shape index (κ1) is 9.05. The van der Waals surface area contributed by atoms with E-state index >= 15 is 0 Å². The third-order valence-corrected chi connectivity index (χ3v) is 4.86. The van der Waals surface area contributed by atoms with Gasteiger partial charge >= 0.3 is 0 Å². The molecule has 10 heavy (non-hydrogen) atoms. The van der Waals surface area contributed by atoms with Crippen molar-refractivity contribution in [3.8, 4) is 0 Å². The molecular formula is C8H14Br2. The van der Waals surface area contributed by atoms with E-state index < -0.39 is 0 Å². The van der Waals surface area contributed by atoms with E-state index in [2.05, 4.69) is 31.9 Å². The molecule has 1 rings (SSSR count). The first-order valence-corrected chi connectivity index (χ1v) is 6.19. The van der Waals surface area contributed by atoms with Gasteiger partial charge in [-0.15, -0.1) is 0 Å². The predicted molar refractivity (Wildman–Crippen MR) is 53.1 cm³/mol. The van der Waals surface area contributed by atoms with Crippen molar-refractivity contribution in [3.63, 3.8) is 0 Å². The van der Waals surface area contributed by atoms with Crippen molar-refractivity contribution in [2.45, 2.75) is 32.1 Å². The van der Waals surface area contributed by atoms with E-state index in [-0.39, 0.29) is 0 Å². The van der Waals surface area contributed by atoms with Gasteiger partial charge in [-0.25, -0.2) is 0 Å². The van der Waals surface area contributed by atoms with Crippen molar-refractivity contribution in [1.29, 1.82) is 0 Å². The Balaban J connectivity index is 2.44. The molecule has 0 N–H and O–H groups in total. The van der Waals surface area contributed by atoms with Crippen LogP contribution >= 0.6 is 31.9 Å². The summed E-state index contributed by atoms with van der Waals surface area (Å²) in [6.45, 7) is 0. The number of halogens is 2. The summed E-state index contributed by atoms with van der Waals surface area (Å²) in [6.07, 6.45) is 7.11. The quantitative estimate of drug-likeness (QED) is 0.671. The van der Waals surface area contributed by atoms with Crippen molar-refractivity contribution in [3.05, 3.63) is 0 Å². The van der Waals surface area contributed by atoms with E-state index in [9.17, 15) is 0 Å². The monoisotopic (exact) mass is 268 g/mol. The van der Waals surface area contributed by atoms with Crippen LogP contribution in [0.15, 0.2) is 0 Å². The lowest BCUT2D eigenvalue weighted by atomic mass is 9.77. The van der Waals surface area contributed by atoms with Crippen LogP contribution in [0.5, 0.6) is 0 Å². The van der Waals surface area contributed by atoms with Crippen molar-refractivity contribution in [2.75, 3.05) is 10.7 Å². The topological polar surface area (TPSA) is 0 Å². The maximum atomic E-state index is 3.60. The normalized spacial score (nSPS) is 24.6. The van der Waals surface area contributed by atoms with E-state index in [1.165, 1.54) is 42.8 Å². The molecule has 0 amide bonds. The summed E-state index contributed by atoms with van der Waals surface area (Å²) in [7, 11) is 0. The molecule has 0 aromatic heterocycles. The maximum Gasteiger partial charge on any atom is 0.00959 e. The predicted octanol–water partition coefficient (Wildman–Crippen LogP) is 3.73. The largest absolute Gasteiger partial charge is 0.0922 e. The third kappa shape index (κ3) is 1.97. The Morgan fingerprint density at radius 1 is 0.900 bits per heavy atom. The van der Waals surface area contributed by atoms with Crippen LogP contribution in [0.1, 0.15) is 32.1 Å². The smallest absolute Gasteiger partial charge is 0.00959 e. The zero-order valence-corrected chi connectivity index (χ0v) is 9.38. The molecule has 0 unspecified atom stereocenters. The van der Waals surface area contributed by atoms with E-state index in [1.54, 1.807) is 0 Å². The van der Waals surface area contributed by atoms with Gasteiger partial charge in [0.1, 0.15) is 0 Å². The van der Waals surface area contributed by atoms with Gasteiger partial charge in [-0.05, 0) is 18.3 Å². The molecule has 0 aromatic carbocycles. The first-order chi connectivity index (χ1) is 4.83. The zero-order valence-electron chi connectivity index (χ0n) is 6.21. The van der Waals surface area contributed by atoms with Gasteiger partial charge < -0.3 is 0 Å². The van der Waals surface area contributed by atoms with Gasteiger partial charge in [0.15, 0.2) is 0 Å². The Kier molecular flexibility index (Phi) is 3.71. The van der Waals surface area contributed by atoms with E-state index in [0.717, 1.165) is 0 Å². The SMILES string of the molecule is BrCC1(CBr)CCCCC1. The summed E-state index contributed by atoms with van der Waals surface area (Å²) in [4.78, 5) is 0. The maximum absolute atomic E-state index is 3.60. The lowest BCUT2D eigenvalue weighted by Crippen LogP contribution is -2.27. The van der Waals surface area contributed by atoms with Gasteiger partial charge in [0.2, 0.25) is 0 Å². The highest BCUT2D eigenvalue weighted by molar-refractivity contribution is 9.09. The highest BCUT2D eigenvalue weighted by Gasteiger charge is 2.29. The Morgan fingerprint density at radius 2 is 1.40 bits per heavy atom. The molecule has 0 nitrogen and oxygen atoms in total. The van der Waals surface area contributed by atoms with E-state index in [4.69, 9.17) is 0 Å². The first-order valence-electron chi connectivity index (χ1n) is 3.95. The minimum atomic E-state index is 0.595. The van der Waals surface area contributed by atoms with Gasteiger partial charge in [-0.2, -0.15) is 0 Å². The lowest BCUT2D eigenvalue weighted by Gasteiger charge is -2.33. The molecule has 0 aromatic rings. The molecule has 0 spiro atoms. The third-order valence-electron chi connectivity index (χ3n) is 2.48. The molecule has 1 fully saturated rings. The van der Waals surface area contributed by atoms with Gasteiger partial charge in [0, 0.05) is 10.7 Å². The van der Waals surface area contributed by atoms with Gasteiger partial charge in [0.25, 0.3) is 0 Å². The standard InChI is InChI=1S/C8H14Br2/c9-6-8(7-10)4-2-1-3-5-8/h1-7H2. The van der Waals surface area contributed by atoms with Gasteiger partial charge in [-0.3, -0.25) is 0 Å². The average molecular weight is 270 g/mol. The summed E-state index contributed by atoms with van der Waals surface area (Å²) in [6, 6.07) is 0. The number of hydrogen-bond acceptors (Lipinski definition) is 0. The Labute approximate surface area is 80.0 Å². The molecule has 0 bridgehead atoms.